The van der Waals surface area contributed by atoms with E-state index in [1.807, 2.05) is 4.90 Å². The minimum Gasteiger partial charge on any atom is -0.386 e. The lowest BCUT2D eigenvalue weighted by Gasteiger charge is -2.37. The van der Waals surface area contributed by atoms with Crippen LogP contribution in [-0.4, -0.2) is 42.7 Å². The van der Waals surface area contributed by atoms with E-state index in [1.165, 1.54) is 0 Å². The van der Waals surface area contributed by atoms with Gasteiger partial charge in [0.2, 0.25) is 0 Å². The van der Waals surface area contributed by atoms with Crippen LogP contribution in [0.3, 0.4) is 0 Å². The molecule has 1 heterocycles. The van der Waals surface area contributed by atoms with Gasteiger partial charge < -0.3 is 10.0 Å². The molecule has 1 aliphatic heterocycles. The largest absolute Gasteiger partial charge is 0.386 e. The summed E-state index contributed by atoms with van der Waals surface area (Å²) >= 11 is 0. The molecule has 1 N–H and O–H groups in total. The molecule has 0 atom stereocenters. The second kappa shape index (κ2) is 5.64. The van der Waals surface area contributed by atoms with E-state index in [2.05, 4.69) is 39.6 Å². The number of carbonyl (C=O) groups excluding carboxylic acids is 1. The third-order valence-electron chi connectivity index (χ3n) is 4.72. The molecule has 0 aromatic heterocycles. The predicted molar refractivity (Wildman–Crippen MR) is 87.4 cm³/mol. The van der Waals surface area contributed by atoms with Crippen molar-refractivity contribution in [2.75, 3.05) is 13.1 Å². The third kappa shape index (κ3) is 3.95. The van der Waals surface area contributed by atoms with E-state index < -0.39 is 13.7 Å². The summed E-state index contributed by atoms with van der Waals surface area (Å²) in [6, 6.07) is 0. The normalized spacial score (nSPS) is 18.6. The summed E-state index contributed by atoms with van der Waals surface area (Å²) in [5, 5.41) is 10.6. The van der Waals surface area contributed by atoms with Gasteiger partial charge in [-0.25, -0.2) is 0 Å². The maximum atomic E-state index is 12.7. The van der Waals surface area contributed by atoms with Gasteiger partial charge in [-0.05, 0) is 31.7 Å². The summed E-state index contributed by atoms with van der Waals surface area (Å²) in [6.07, 6.45) is 2.15. The Morgan fingerprint density at radius 2 is 1.55 bits per heavy atom. The van der Waals surface area contributed by atoms with Gasteiger partial charge in [-0.3, -0.25) is 4.79 Å². The van der Waals surface area contributed by atoms with Crippen LogP contribution in [0.15, 0.2) is 11.3 Å². The molecule has 3 nitrogen and oxygen atoms in total. The van der Waals surface area contributed by atoms with Gasteiger partial charge in [-0.1, -0.05) is 39.6 Å². The standard InChI is InChI=1S/C16H31NO2Si/c1-15(2,3)20(6,7)12-13(16(4,5)19)14(18)17-10-8-9-11-17/h12,19H,8-11H2,1-7H3/b13-12+. The molecule has 0 aliphatic carbocycles. The molecular weight excluding hydrogens is 266 g/mol. The van der Waals surface area contributed by atoms with E-state index >= 15 is 0 Å². The number of rotatable bonds is 3. The number of aliphatic hydroxyl groups is 1. The Morgan fingerprint density at radius 1 is 1.10 bits per heavy atom. The molecule has 1 saturated heterocycles. The average Bonchev–Trinajstić information content (AvgIpc) is 2.75. The summed E-state index contributed by atoms with van der Waals surface area (Å²) in [6.45, 7) is 16.3. The van der Waals surface area contributed by atoms with Crippen LogP contribution in [0, 0.1) is 0 Å². The molecule has 0 aromatic carbocycles. The van der Waals surface area contributed by atoms with Crippen molar-refractivity contribution in [2.45, 2.75) is 71.2 Å². The van der Waals surface area contributed by atoms with Gasteiger partial charge in [0, 0.05) is 18.7 Å². The Bertz CT molecular complexity index is 394. The van der Waals surface area contributed by atoms with Gasteiger partial charge in [0.1, 0.15) is 0 Å². The monoisotopic (exact) mass is 297 g/mol. The van der Waals surface area contributed by atoms with Gasteiger partial charge >= 0.3 is 0 Å². The quantitative estimate of drug-likeness (QED) is 0.641. The average molecular weight is 298 g/mol. The summed E-state index contributed by atoms with van der Waals surface area (Å²) in [4.78, 5) is 14.6. The molecule has 1 rings (SSSR count). The highest BCUT2D eigenvalue weighted by atomic mass is 28.3. The summed E-state index contributed by atoms with van der Waals surface area (Å²) in [5.41, 5.74) is 1.63. The Morgan fingerprint density at radius 3 is 1.90 bits per heavy atom. The number of hydrogen-bond acceptors (Lipinski definition) is 2. The Hall–Kier alpha value is -0.613. The lowest BCUT2D eigenvalue weighted by Crippen LogP contribution is -2.42. The minimum atomic E-state index is -1.76. The van der Waals surface area contributed by atoms with E-state index in [9.17, 15) is 9.90 Å². The SMILES string of the molecule is CC(C)(O)/C(=C/[Si](C)(C)C(C)(C)C)C(=O)N1CCCC1. The molecule has 116 valence electrons. The smallest absolute Gasteiger partial charge is 0.251 e. The van der Waals surface area contributed by atoms with E-state index in [1.54, 1.807) is 13.8 Å². The first-order chi connectivity index (χ1) is 8.86. The van der Waals surface area contributed by atoms with E-state index in [-0.39, 0.29) is 10.9 Å². The molecule has 4 heteroatoms. The zero-order valence-corrected chi connectivity index (χ0v) is 15.2. The fraction of sp³-hybridized carbons (Fsp3) is 0.812. The van der Waals surface area contributed by atoms with Crippen molar-refractivity contribution in [3.63, 3.8) is 0 Å². The molecule has 1 amide bonds. The number of nitrogens with zero attached hydrogens (tertiary/aromatic N) is 1. The fourth-order valence-electron chi connectivity index (χ4n) is 2.17. The zero-order chi connectivity index (χ0) is 15.8. The van der Waals surface area contributed by atoms with Crippen LogP contribution in [0.5, 0.6) is 0 Å². The van der Waals surface area contributed by atoms with Crippen LogP contribution >= 0.6 is 0 Å². The molecule has 0 unspecified atom stereocenters. The Kier molecular flexibility index (Phi) is 4.92. The molecule has 1 aliphatic rings. The van der Waals surface area contributed by atoms with E-state index in [0.29, 0.717) is 5.57 Å². The highest BCUT2D eigenvalue weighted by Crippen LogP contribution is 2.38. The minimum absolute atomic E-state index is 0.0276. The fourth-order valence-corrected chi connectivity index (χ4v) is 3.80. The summed E-state index contributed by atoms with van der Waals surface area (Å²) in [7, 11) is -1.76. The first kappa shape index (κ1) is 17.4. The molecule has 0 bridgehead atoms. The van der Waals surface area contributed by atoms with Crippen LogP contribution in [0.2, 0.25) is 18.1 Å². The van der Waals surface area contributed by atoms with E-state index in [0.717, 1.165) is 25.9 Å². The van der Waals surface area contributed by atoms with Gasteiger partial charge in [-0.2, -0.15) is 0 Å². The molecular formula is C16H31NO2Si. The van der Waals surface area contributed by atoms with Crippen LogP contribution in [0.25, 0.3) is 0 Å². The highest BCUT2D eigenvalue weighted by molar-refractivity contribution is 6.85. The topological polar surface area (TPSA) is 40.5 Å². The molecule has 20 heavy (non-hydrogen) atoms. The Balaban J connectivity index is 3.17. The van der Waals surface area contributed by atoms with Crippen molar-refractivity contribution >= 4 is 14.0 Å². The van der Waals surface area contributed by atoms with Gasteiger partial charge in [0.15, 0.2) is 0 Å². The van der Waals surface area contributed by atoms with Crippen molar-refractivity contribution in [3.8, 4) is 0 Å². The van der Waals surface area contributed by atoms with Crippen LogP contribution < -0.4 is 0 Å². The molecule has 1 fully saturated rings. The number of amides is 1. The van der Waals surface area contributed by atoms with E-state index in [4.69, 9.17) is 0 Å². The lowest BCUT2D eigenvalue weighted by atomic mass is 9.99. The first-order valence-electron chi connectivity index (χ1n) is 7.61. The molecule has 0 radical (unpaired) electrons. The number of hydrogen-bond donors (Lipinski definition) is 1. The van der Waals surface area contributed by atoms with Crippen molar-refractivity contribution in [1.82, 2.24) is 4.90 Å². The maximum absolute atomic E-state index is 12.7. The number of likely N-dealkylation sites (tertiary alicyclic amines) is 1. The summed E-state index contributed by atoms with van der Waals surface area (Å²) in [5.74, 6) is 0.0276. The second-order valence-corrected chi connectivity index (χ2v) is 13.3. The molecule has 0 spiro atoms. The maximum Gasteiger partial charge on any atom is 0.251 e. The highest BCUT2D eigenvalue weighted by Gasteiger charge is 2.38. The zero-order valence-electron chi connectivity index (χ0n) is 14.2. The Labute approximate surface area is 125 Å². The van der Waals surface area contributed by atoms with Crippen molar-refractivity contribution in [1.29, 1.82) is 0 Å². The third-order valence-corrected chi connectivity index (χ3v) is 9.60. The predicted octanol–water partition coefficient (Wildman–Crippen LogP) is 3.35. The van der Waals surface area contributed by atoms with Crippen molar-refractivity contribution in [2.24, 2.45) is 0 Å². The van der Waals surface area contributed by atoms with Crippen molar-refractivity contribution < 1.29 is 9.90 Å². The van der Waals surface area contributed by atoms with Gasteiger partial charge in [0.25, 0.3) is 5.91 Å². The van der Waals surface area contributed by atoms with Gasteiger partial charge in [-0.15, -0.1) is 0 Å². The van der Waals surface area contributed by atoms with Gasteiger partial charge in [0.05, 0.1) is 13.7 Å². The first-order valence-corrected chi connectivity index (χ1v) is 10.7. The van der Waals surface area contributed by atoms with Crippen LogP contribution in [0.1, 0.15) is 47.5 Å². The number of carbonyl (C=O) groups is 1. The van der Waals surface area contributed by atoms with Crippen LogP contribution in [-0.2, 0) is 4.79 Å². The molecule has 0 saturated carbocycles. The molecule has 0 aromatic rings. The van der Waals surface area contributed by atoms with Crippen molar-refractivity contribution in [3.05, 3.63) is 11.3 Å². The van der Waals surface area contributed by atoms with Crippen LogP contribution in [0.4, 0.5) is 0 Å². The lowest BCUT2D eigenvalue weighted by molar-refractivity contribution is -0.128. The summed E-state index contributed by atoms with van der Waals surface area (Å²) < 4.78 is 0. The second-order valence-electron chi connectivity index (χ2n) is 8.09.